The minimum atomic E-state index is -0.227. The van der Waals surface area contributed by atoms with Crippen LogP contribution < -0.4 is 10.1 Å². The number of rotatable bonds is 5. The predicted octanol–water partition coefficient (Wildman–Crippen LogP) is 3.41. The van der Waals surface area contributed by atoms with E-state index in [1.807, 2.05) is 37.3 Å². The number of hydrogen-bond acceptors (Lipinski definition) is 6. The molecule has 138 valence electrons. The average molecular weight is 372 g/mol. The average Bonchev–Trinajstić information content (AvgIpc) is 3.26. The molecule has 0 aliphatic rings. The number of benzene rings is 2. The van der Waals surface area contributed by atoms with Crippen molar-refractivity contribution in [3.05, 3.63) is 84.4 Å². The molecule has 0 spiro atoms. The first-order valence-electron chi connectivity index (χ1n) is 8.52. The van der Waals surface area contributed by atoms with Gasteiger partial charge in [0.15, 0.2) is 0 Å². The highest BCUT2D eigenvalue weighted by Gasteiger charge is 2.10. The number of aromatic nitrogens is 5. The lowest BCUT2D eigenvalue weighted by Crippen LogP contribution is -2.12. The molecule has 8 heteroatoms. The van der Waals surface area contributed by atoms with E-state index in [9.17, 15) is 4.79 Å². The molecule has 0 bridgehead atoms. The Morgan fingerprint density at radius 1 is 1.11 bits per heavy atom. The molecule has 4 rings (SSSR count). The van der Waals surface area contributed by atoms with Crippen LogP contribution in [0.3, 0.4) is 0 Å². The number of tetrazole rings is 1. The monoisotopic (exact) mass is 372 g/mol. The summed E-state index contributed by atoms with van der Waals surface area (Å²) in [5.74, 6) is 1.13. The van der Waals surface area contributed by atoms with Gasteiger partial charge in [-0.1, -0.05) is 6.07 Å². The minimum absolute atomic E-state index is 0.227. The molecule has 2 aromatic carbocycles. The zero-order valence-corrected chi connectivity index (χ0v) is 15.0. The number of hydrogen-bond donors (Lipinski definition) is 1. The van der Waals surface area contributed by atoms with Gasteiger partial charge in [-0.2, -0.15) is 0 Å². The van der Waals surface area contributed by atoms with Gasteiger partial charge in [-0.3, -0.25) is 9.78 Å². The quantitative estimate of drug-likeness (QED) is 0.577. The van der Waals surface area contributed by atoms with E-state index in [-0.39, 0.29) is 5.91 Å². The summed E-state index contributed by atoms with van der Waals surface area (Å²) in [6, 6.07) is 16.2. The molecule has 2 heterocycles. The number of pyridine rings is 1. The molecule has 4 aromatic rings. The van der Waals surface area contributed by atoms with Gasteiger partial charge in [-0.25, -0.2) is 4.68 Å². The molecule has 0 saturated heterocycles. The standard InChI is InChI=1S/C20H16N6O2/c1-14-10-16(7-8-19(14)28-18-6-3-9-21-12-18)23-20(27)15-4-2-5-17(11-15)26-13-22-24-25-26/h2-13H,1H3,(H,23,27). The summed E-state index contributed by atoms with van der Waals surface area (Å²) in [5.41, 5.74) is 2.77. The predicted molar refractivity (Wildman–Crippen MR) is 103 cm³/mol. The molecule has 0 aliphatic carbocycles. The fourth-order valence-corrected chi connectivity index (χ4v) is 2.65. The smallest absolute Gasteiger partial charge is 0.255 e. The van der Waals surface area contributed by atoms with Crippen LogP contribution in [0.4, 0.5) is 5.69 Å². The zero-order chi connectivity index (χ0) is 19.3. The lowest BCUT2D eigenvalue weighted by molar-refractivity contribution is 0.102. The number of amides is 1. The second-order valence-corrected chi connectivity index (χ2v) is 6.03. The highest BCUT2D eigenvalue weighted by atomic mass is 16.5. The van der Waals surface area contributed by atoms with E-state index in [2.05, 4.69) is 25.8 Å². The Kier molecular flexibility index (Phi) is 4.75. The Labute approximate surface area is 160 Å². The van der Waals surface area contributed by atoms with Gasteiger partial charge in [0.2, 0.25) is 0 Å². The Balaban J connectivity index is 1.49. The van der Waals surface area contributed by atoms with Crippen LogP contribution in [0.2, 0.25) is 0 Å². The number of ether oxygens (including phenoxy) is 1. The molecule has 28 heavy (non-hydrogen) atoms. The lowest BCUT2D eigenvalue weighted by Gasteiger charge is -2.11. The van der Waals surface area contributed by atoms with Gasteiger partial charge >= 0.3 is 0 Å². The van der Waals surface area contributed by atoms with E-state index in [0.717, 1.165) is 5.56 Å². The number of carbonyl (C=O) groups excluding carboxylic acids is 1. The maximum atomic E-state index is 12.6. The van der Waals surface area contributed by atoms with Crippen molar-refractivity contribution in [2.75, 3.05) is 5.32 Å². The van der Waals surface area contributed by atoms with Gasteiger partial charge in [-0.05, 0) is 71.4 Å². The first kappa shape index (κ1) is 17.3. The van der Waals surface area contributed by atoms with Gasteiger partial charge < -0.3 is 10.1 Å². The molecule has 1 N–H and O–H groups in total. The molecule has 0 saturated carbocycles. The summed E-state index contributed by atoms with van der Waals surface area (Å²) in [4.78, 5) is 16.6. The van der Waals surface area contributed by atoms with E-state index in [1.165, 1.54) is 11.0 Å². The van der Waals surface area contributed by atoms with Crippen molar-refractivity contribution in [3.63, 3.8) is 0 Å². The fraction of sp³-hybridized carbons (Fsp3) is 0.0500. The second-order valence-electron chi connectivity index (χ2n) is 6.03. The van der Waals surface area contributed by atoms with Crippen LogP contribution in [0.15, 0.2) is 73.3 Å². The first-order valence-corrected chi connectivity index (χ1v) is 8.52. The van der Waals surface area contributed by atoms with Gasteiger partial charge in [0, 0.05) is 17.4 Å². The second kappa shape index (κ2) is 7.67. The van der Waals surface area contributed by atoms with Crippen LogP contribution in [0.5, 0.6) is 11.5 Å². The van der Waals surface area contributed by atoms with Crippen LogP contribution in [-0.2, 0) is 0 Å². The van der Waals surface area contributed by atoms with E-state index >= 15 is 0 Å². The van der Waals surface area contributed by atoms with Crippen LogP contribution in [0, 0.1) is 6.92 Å². The Hall–Kier alpha value is -4.07. The third kappa shape index (κ3) is 3.85. The van der Waals surface area contributed by atoms with Crippen molar-refractivity contribution in [1.82, 2.24) is 25.2 Å². The van der Waals surface area contributed by atoms with Gasteiger partial charge in [0.1, 0.15) is 17.8 Å². The molecule has 0 radical (unpaired) electrons. The van der Waals surface area contributed by atoms with Gasteiger partial charge in [0.25, 0.3) is 5.91 Å². The van der Waals surface area contributed by atoms with Gasteiger partial charge in [-0.15, -0.1) is 5.10 Å². The molecule has 0 atom stereocenters. The summed E-state index contributed by atoms with van der Waals surface area (Å²) in [5, 5.41) is 13.9. The van der Waals surface area contributed by atoms with E-state index in [1.54, 1.807) is 36.7 Å². The van der Waals surface area contributed by atoms with Crippen molar-refractivity contribution in [1.29, 1.82) is 0 Å². The zero-order valence-electron chi connectivity index (χ0n) is 15.0. The molecule has 0 aliphatic heterocycles. The Morgan fingerprint density at radius 2 is 2.04 bits per heavy atom. The minimum Gasteiger partial charge on any atom is -0.455 e. The van der Waals surface area contributed by atoms with Crippen molar-refractivity contribution in [2.24, 2.45) is 0 Å². The van der Waals surface area contributed by atoms with Gasteiger partial charge in [0.05, 0.1) is 11.9 Å². The van der Waals surface area contributed by atoms with Crippen LogP contribution in [-0.4, -0.2) is 31.1 Å². The van der Waals surface area contributed by atoms with Crippen LogP contribution >= 0.6 is 0 Å². The lowest BCUT2D eigenvalue weighted by atomic mass is 10.1. The molecule has 1 amide bonds. The van der Waals surface area contributed by atoms with E-state index in [0.29, 0.717) is 28.4 Å². The SMILES string of the molecule is Cc1cc(NC(=O)c2cccc(-n3cnnn3)c2)ccc1Oc1cccnc1. The number of anilines is 1. The summed E-state index contributed by atoms with van der Waals surface area (Å²) in [6.45, 7) is 1.92. The summed E-state index contributed by atoms with van der Waals surface area (Å²) >= 11 is 0. The topological polar surface area (TPSA) is 94.8 Å². The highest BCUT2D eigenvalue weighted by Crippen LogP contribution is 2.27. The maximum absolute atomic E-state index is 12.6. The molecule has 0 unspecified atom stereocenters. The number of nitrogens with one attached hydrogen (secondary N) is 1. The summed E-state index contributed by atoms with van der Waals surface area (Å²) in [7, 11) is 0. The molecule has 2 aromatic heterocycles. The molecular formula is C20H16N6O2. The molecule has 8 nitrogen and oxygen atoms in total. The van der Waals surface area contributed by atoms with Crippen LogP contribution in [0.1, 0.15) is 15.9 Å². The maximum Gasteiger partial charge on any atom is 0.255 e. The van der Waals surface area contributed by atoms with Crippen LogP contribution in [0.25, 0.3) is 5.69 Å². The summed E-state index contributed by atoms with van der Waals surface area (Å²) in [6.07, 6.45) is 4.81. The van der Waals surface area contributed by atoms with Crippen molar-refractivity contribution in [3.8, 4) is 17.2 Å². The Morgan fingerprint density at radius 3 is 2.79 bits per heavy atom. The van der Waals surface area contributed by atoms with Crippen molar-refractivity contribution in [2.45, 2.75) is 6.92 Å². The third-order valence-electron chi connectivity index (χ3n) is 4.02. The number of carbonyl (C=O) groups is 1. The summed E-state index contributed by atoms with van der Waals surface area (Å²) < 4.78 is 7.31. The van der Waals surface area contributed by atoms with E-state index < -0.39 is 0 Å². The highest BCUT2D eigenvalue weighted by molar-refractivity contribution is 6.04. The normalized spacial score (nSPS) is 10.5. The number of aryl methyl sites for hydroxylation is 1. The van der Waals surface area contributed by atoms with Crippen molar-refractivity contribution >= 4 is 11.6 Å². The largest absolute Gasteiger partial charge is 0.455 e. The number of nitrogens with zero attached hydrogens (tertiary/aromatic N) is 5. The first-order chi connectivity index (χ1) is 13.7. The van der Waals surface area contributed by atoms with Crippen molar-refractivity contribution < 1.29 is 9.53 Å². The molecule has 0 fully saturated rings. The fourth-order valence-electron chi connectivity index (χ4n) is 2.65. The third-order valence-corrected chi connectivity index (χ3v) is 4.02. The van der Waals surface area contributed by atoms with E-state index in [4.69, 9.17) is 4.74 Å². The molecular weight excluding hydrogens is 356 g/mol. The Bertz CT molecular complexity index is 1100.